The summed E-state index contributed by atoms with van der Waals surface area (Å²) in [7, 11) is 0. The SMILES string of the molecule is CCOc1ccc(SCC(=O)Nc2ccc(CC)cc2)cc1. The molecule has 22 heavy (non-hydrogen) atoms. The number of hydrogen-bond donors (Lipinski definition) is 1. The maximum Gasteiger partial charge on any atom is 0.234 e. The van der Waals surface area contributed by atoms with Crippen LogP contribution in [0.25, 0.3) is 0 Å². The van der Waals surface area contributed by atoms with Gasteiger partial charge in [-0.05, 0) is 55.3 Å². The maximum atomic E-state index is 12.0. The number of anilines is 1. The van der Waals surface area contributed by atoms with E-state index in [1.807, 2.05) is 55.5 Å². The number of carbonyl (C=O) groups excluding carboxylic acids is 1. The van der Waals surface area contributed by atoms with Gasteiger partial charge in [0.25, 0.3) is 0 Å². The van der Waals surface area contributed by atoms with Crippen molar-refractivity contribution in [2.45, 2.75) is 25.2 Å². The second kappa shape index (κ2) is 8.49. The summed E-state index contributed by atoms with van der Waals surface area (Å²) < 4.78 is 5.40. The molecule has 0 aromatic heterocycles. The standard InChI is InChI=1S/C18H21NO2S/c1-3-14-5-7-15(8-6-14)19-18(20)13-22-17-11-9-16(10-12-17)21-4-2/h5-12H,3-4,13H2,1-2H3,(H,19,20). The van der Waals surface area contributed by atoms with Crippen molar-refractivity contribution in [3.05, 3.63) is 54.1 Å². The minimum Gasteiger partial charge on any atom is -0.494 e. The fourth-order valence-electron chi connectivity index (χ4n) is 1.97. The predicted molar refractivity (Wildman–Crippen MR) is 92.8 cm³/mol. The first kappa shape index (κ1) is 16.4. The Morgan fingerprint density at radius 1 is 1.05 bits per heavy atom. The fourth-order valence-corrected chi connectivity index (χ4v) is 2.67. The van der Waals surface area contributed by atoms with Crippen molar-refractivity contribution in [1.29, 1.82) is 0 Å². The van der Waals surface area contributed by atoms with Gasteiger partial charge in [-0.25, -0.2) is 0 Å². The summed E-state index contributed by atoms with van der Waals surface area (Å²) in [5.41, 5.74) is 2.11. The molecule has 1 N–H and O–H groups in total. The summed E-state index contributed by atoms with van der Waals surface area (Å²) in [6.07, 6.45) is 1.00. The van der Waals surface area contributed by atoms with Crippen LogP contribution in [-0.4, -0.2) is 18.3 Å². The van der Waals surface area contributed by atoms with Crippen LogP contribution in [0.1, 0.15) is 19.4 Å². The van der Waals surface area contributed by atoms with Crippen molar-refractivity contribution in [2.24, 2.45) is 0 Å². The first-order chi connectivity index (χ1) is 10.7. The van der Waals surface area contributed by atoms with Crippen LogP contribution in [0.2, 0.25) is 0 Å². The van der Waals surface area contributed by atoms with Crippen molar-refractivity contribution < 1.29 is 9.53 Å². The first-order valence-corrected chi connectivity index (χ1v) is 8.44. The number of nitrogens with one attached hydrogen (secondary N) is 1. The summed E-state index contributed by atoms with van der Waals surface area (Å²) in [6, 6.07) is 15.7. The molecule has 0 fully saturated rings. The van der Waals surface area contributed by atoms with E-state index in [0.717, 1.165) is 22.8 Å². The van der Waals surface area contributed by atoms with Gasteiger partial charge in [-0.15, -0.1) is 11.8 Å². The minimum absolute atomic E-state index is 0.00290. The minimum atomic E-state index is 0.00290. The Balaban J connectivity index is 1.81. The monoisotopic (exact) mass is 315 g/mol. The summed E-state index contributed by atoms with van der Waals surface area (Å²) >= 11 is 1.51. The van der Waals surface area contributed by atoms with Gasteiger partial charge in [0.05, 0.1) is 12.4 Å². The Labute approximate surface area is 136 Å². The highest BCUT2D eigenvalue weighted by Crippen LogP contribution is 2.21. The predicted octanol–water partition coefficient (Wildman–Crippen LogP) is 4.38. The molecule has 1 amide bonds. The third-order valence-electron chi connectivity index (χ3n) is 3.15. The molecule has 116 valence electrons. The van der Waals surface area contributed by atoms with Gasteiger partial charge >= 0.3 is 0 Å². The van der Waals surface area contributed by atoms with E-state index in [-0.39, 0.29) is 5.91 Å². The molecule has 0 saturated carbocycles. The van der Waals surface area contributed by atoms with Gasteiger partial charge in [-0.3, -0.25) is 4.79 Å². The van der Waals surface area contributed by atoms with Gasteiger partial charge in [0.1, 0.15) is 5.75 Å². The number of benzene rings is 2. The molecule has 2 rings (SSSR count). The van der Waals surface area contributed by atoms with E-state index in [1.54, 1.807) is 0 Å². The summed E-state index contributed by atoms with van der Waals surface area (Å²) in [5, 5.41) is 2.91. The van der Waals surface area contributed by atoms with Gasteiger partial charge in [-0.1, -0.05) is 19.1 Å². The first-order valence-electron chi connectivity index (χ1n) is 7.45. The van der Waals surface area contributed by atoms with Gasteiger partial charge in [-0.2, -0.15) is 0 Å². The lowest BCUT2D eigenvalue weighted by Gasteiger charge is -2.07. The summed E-state index contributed by atoms with van der Waals surface area (Å²) in [5.74, 6) is 1.25. The van der Waals surface area contributed by atoms with Gasteiger partial charge in [0.2, 0.25) is 5.91 Å². The fraction of sp³-hybridized carbons (Fsp3) is 0.278. The molecular weight excluding hydrogens is 294 g/mol. The summed E-state index contributed by atoms with van der Waals surface area (Å²) in [4.78, 5) is 13.0. The van der Waals surface area contributed by atoms with Crippen molar-refractivity contribution >= 4 is 23.4 Å². The number of thioether (sulfide) groups is 1. The van der Waals surface area contributed by atoms with E-state index in [2.05, 4.69) is 12.2 Å². The molecule has 0 radical (unpaired) electrons. The highest BCUT2D eigenvalue weighted by atomic mass is 32.2. The molecule has 2 aromatic rings. The van der Waals surface area contributed by atoms with Gasteiger partial charge in [0.15, 0.2) is 0 Å². The van der Waals surface area contributed by atoms with Crippen LogP contribution in [0.4, 0.5) is 5.69 Å². The Hall–Kier alpha value is -1.94. The van der Waals surface area contributed by atoms with E-state index < -0.39 is 0 Å². The second-order valence-corrected chi connectivity index (χ2v) is 5.84. The maximum absolute atomic E-state index is 12.0. The number of ether oxygens (including phenoxy) is 1. The van der Waals surface area contributed by atoms with Gasteiger partial charge in [0, 0.05) is 10.6 Å². The van der Waals surface area contributed by atoms with Crippen LogP contribution in [0.15, 0.2) is 53.4 Å². The Kier molecular flexibility index (Phi) is 6.34. The number of aryl methyl sites for hydroxylation is 1. The molecule has 2 aromatic carbocycles. The zero-order valence-corrected chi connectivity index (χ0v) is 13.8. The molecule has 0 atom stereocenters. The van der Waals surface area contributed by atoms with Gasteiger partial charge < -0.3 is 10.1 Å². The van der Waals surface area contributed by atoms with E-state index >= 15 is 0 Å². The summed E-state index contributed by atoms with van der Waals surface area (Å²) in [6.45, 7) is 4.73. The molecule has 0 aliphatic rings. The highest BCUT2D eigenvalue weighted by Gasteiger charge is 2.04. The Bertz CT molecular complexity index is 593. The third kappa shape index (κ3) is 5.11. The lowest BCUT2D eigenvalue weighted by molar-refractivity contribution is -0.113. The average Bonchev–Trinajstić information content (AvgIpc) is 2.55. The van der Waals surface area contributed by atoms with E-state index in [9.17, 15) is 4.79 Å². The van der Waals surface area contributed by atoms with Crippen LogP contribution >= 0.6 is 11.8 Å². The quantitative estimate of drug-likeness (QED) is 0.771. The molecule has 0 saturated heterocycles. The lowest BCUT2D eigenvalue weighted by atomic mass is 10.1. The molecule has 4 heteroatoms. The van der Waals surface area contributed by atoms with Crippen LogP contribution in [-0.2, 0) is 11.2 Å². The number of amides is 1. The van der Waals surface area contributed by atoms with Crippen molar-refractivity contribution in [2.75, 3.05) is 17.7 Å². The van der Waals surface area contributed by atoms with Crippen LogP contribution in [0, 0.1) is 0 Å². The zero-order valence-electron chi connectivity index (χ0n) is 13.0. The smallest absolute Gasteiger partial charge is 0.234 e. The van der Waals surface area contributed by atoms with Crippen LogP contribution in [0.3, 0.4) is 0 Å². The largest absolute Gasteiger partial charge is 0.494 e. The van der Waals surface area contributed by atoms with E-state index in [0.29, 0.717) is 12.4 Å². The average molecular weight is 315 g/mol. The van der Waals surface area contributed by atoms with E-state index in [4.69, 9.17) is 4.74 Å². The highest BCUT2D eigenvalue weighted by molar-refractivity contribution is 8.00. The third-order valence-corrected chi connectivity index (χ3v) is 4.16. The molecule has 0 heterocycles. The topological polar surface area (TPSA) is 38.3 Å². The van der Waals surface area contributed by atoms with Crippen molar-refractivity contribution in [3.8, 4) is 5.75 Å². The van der Waals surface area contributed by atoms with E-state index in [1.165, 1.54) is 17.3 Å². The molecular formula is C18H21NO2S. The van der Waals surface area contributed by atoms with Crippen molar-refractivity contribution in [3.63, 3.8) is 0 Å². The normalized spacial score (nSPS) is 10.3. The number of rotatable bonds is 7. The Morgan fingerprint density at radius 3 is 2.32 bits per heavy atom. The molecule has 0 unspecified atom stereocenters. The molecule has 3 nitrogen and oxygen atoms in total. The zero-order chi connectivity index (χ0) is 15.8. The van der Waals surface area contributed by atoms with Crippen LogP contribution < -0.4 is 10.1 Å². The number of hydrogen-bond acceptors (Lipinski definition) is 3. The molecule has 0 aliphatic heterocycles. The van der Waals surface area contributed by atoms with Crippen molar-refractivity contribution in [1.82, 2.24) is 0 Å². The lowest BCUT2D eigenvalue weighted by Crippen LogP contribution is -2.13. The second-order valence-electron chi connectivity index (χ2n) is 4.79. The van der Waals surface area contributed by atoms with Crippen LogP contribution in [0.5, 0.6) is 5.75 Å². The molecule has 0 bridgehead atoms. The Morgan fingerprint density at radius 2 is 1.73 bits per heavy atom. The number of carbonyl (C=O) groups is 1. The molecule has 0 spiro atoms. The molecule has 0 aliphatic carbocycles.